The van der Waals surface area contributed by atoms with Gasteiger partial charge in [0, 0.05) is 19.1 Å². The summed E-state index contributed by atoms with van der Waals surface area (Å²) in [5, 5.41) is 12.3. The molecule has 1 aromatic rings. The molecule has 1 saturated heterocycles. The molecular weight excluding hydrogens is 273 g/mol. The quantitative estimate of drug-likeness (QED) is 0.930. The zero-order chi connectivity index (χ0) is 15.2. The van der Waals surface area contributed by atoms with Gasteiger partial charge in [0.05, 0.1) is 17.9 Å². The molecule has 0 aliphatic carbocycles. The summed E-state index contributed by atoms with van der Waals surface area (Å²) in [7, 11) is 0. The molecule has 0 saturated carbocycles. The van der Waals surface area contributed by atoms with Gasteiger partial charge in [-0.25, -0.2) is 9.18 Å². The highest BCUT2D eigenvalue weighted by Gasteiger charge is 2.23. The molecule has 0 bridgehead atoms. The molecule has 1 N–H and O–H groups in total. The van der Waals surface area contributed by atoms with Crippen LogP contribution in [0.5, 0.6) is 0 Å². The van der Waals surface area contributed by atoms with Crippen LogP contribution < -0.4 is 5.32 Å². The Morgan fingerprint density at radius 3 is 2.86 bits per heavy atom. The lowest BCUT2D eigenvalue weighted by Gasteiger charge is -2.32. The number of nitrogens with one attached hydrogen (secondary N) is 1. The number of ether oxygens (including phenoxy) is 1. The van der Waals surface area contributed by atoms with Gasteiger partial charge < -0.3 is 15.0 Å². The second-order valence-electron chi connectivity index (χ2n) is 4.91. The zero-order valence-electron chi connectivity index (χ0n) is 11.9. The van der Waals surface area contributed by atoms with Crippen LogP contribution in [0.25, 0.3) is 0 Å². The van der Waals surface area contributed by atoms with Crippen LogP contribution >= 0.6 is 0 Å². The second-order valence-corrected chi connectivity index (χ2v) is 4.91. The van der Waals surface area contributed by atoms with E-state index in [1.807, 2.05) is 6.07 Å². The van der Waals surface area contributed by atoms with Crippen molar-refractivity contribution in [1.29, 1.82) is 5.26 Å². The summed E-state index contributed by atoms with van der Waals surface area (Å²) in [5.74, 6) is -0.422. The summed E-state index contributed by atoms with van der Waals surface area (Å²) in [6.07, 6.45) is 1.25. The highest BCUT2D eigenvalue weighted by Crippen LogP contribution is 2.21. The molecular formula is C15H18FN3O2. The first-order chi connectivity index (χ1) is 10.1. The van der Waals surface area contributed by atoms with Crippen LogP contribution in [0.15, 0.2) is 18.2 Å². The standard InChI is InChI=1S/C15H18FN3O2/c1-2-21-15(20)19-7-5-13(6-8-19)18-14-4-3-12(16)9-11(14)10-17/h3-4,9,13,18H,2,5-8H2,1H3. The number of hydrogen-bond donors (Lipinski definition) is 1. The highest BCUT2D eigenvalue weighted by molar-refractivity contribution is 5.67. The number of carbonyl (C=O) groups is 1. The number of rotatable bonds is 3. The molecule has 1 amide bonds. The Morgan fingerprint density at radius 2 is 2.24 bits per heavy atom. The molecule has 1 aliphatic rings. The number of nitriles is 1. The number of benzene rings is 1. The largest absolute Gasteiger partial charge is 0.450 e. The van der Waals surface area contributed by atoms with E-state index in [-0.39, 0.29) is 12.1 Å². The lowest BCUT2D eigenvalue weighted by molar-refractivity contribution is 0.0983. The Morgan fingerprint density at radius 1 is 1.52 bits per heavy atom. The summed E-state index contributed by atoms with van der Waals surface area (Å²) in [5.41, 5.74) is 0.927. The van der Waals surface area contributed by atoms with Gasteiger partial charge >= 0.3 is 6.09 Å². The molecule has 1 aromatic carbocycles. The van der Waals surface area contributed by atoms with Crippen LogP contribution in [0.1, 0.15) is 25.3 Å². The fourth-order valence-corrected chi connectivity index (χ4v) is 2.38. The summed E-state index contributed by atoms with van der Waals surface area (Å²) in [4.78, 5) is 13.3. The SMILES string of the molecule is CCOC(=O)N1CCC(Nc2ccc(F)cc2C#N)CC1. The third-order valence-corrected chi connectivity index (χ3v) is 3.48. The lowest BCUT2D eigenvalue weighted by atomic mass is 10.0. The fraction of sp³-hybridized carbons (Fsp3) is 0.467. The van der Waals surface area contributed by atoms with Gasteiger partial charge in [-0.15, -0.1) is 0 Å². The molecule has 5 nitrogen and oxygen atoms in total. The van der Waals surface area contributed by atoms with Gasteiger partial charge in [-0.1, -0.05) is 0 Å². The average Bonchev–Trinajstić information content (AvgIpc) is 2.50. The van der Waals surface area contributed by atoms with Crippen molar-refractivity contribution in [1.82, 2.24) is 4.90 Å². The van der Waals surface area contributed by atoms with Gasteiger partial charge in [0.15, 0.2) is 0 Å². The maximum atomic E-state index is 13.1. The van der Waals surface area contributed by atoms with Crippen molar-refractivity contribution < 1.29 is 13.9 Å². The minimum absolute atomic E-state index is 0.160. The Balaban J connectivity index is 1.92. The Kier molecular flexibility index (Phi) is 4.99. The number of hydrogen-bond acceptors (Lipinski definition) is 4. The Hall–Kier alpha value is -2.29. The van der Waals surface area contributed by atoms with E-state index in [0.717, 1.165) is 12.8 Å². The van der Waals surface area contributed by atoms with Gasteiger partial charge in [0.25, 0.3) is 0 Å². The number of likely N-dealkylation sites (tertiary alicyclic amines) is 1. The van der Waals surface area contributed by atoms with Crippen molar-refractivity contribution in [2.75, 3.05) is 25.0 Å². The molecule has 0 spiro atoms. The Labute approximate surface area is 123 Å². The fourth-order valence-electron chi connectivity index (χ4n) is 2.38. The van der Waals surface area contributed by atoms with Crippen LogP contribution in [-0.4, -0.2) is 36.7 Å². The van der Waals surface area contributed by atoms with E-state index in [4.69, 9.17) is 10.00 Å². The van der Waals surface area contributed by atoms with E-state index >= 15 is 0 Å². The van der Waals surface area contributed by atoms with Crippen LogP contribution in [0, 0.1) is 17.1 Å². The first kappa shape index (κ1) is 15.1. The maximum Gasteiger partial charge on any atom is 0.409 e. The summed E-state index contributed by atoms with van der Waals surface area (Å²) in [6, 6.07) is 6.27. The van der Waals surface area contributed by atoms with Crippen molar-refractivity contribution in [3.8, 4) is 6.07 Å². The van der Waals surface area contributed by atoms with Gasteiger partial charge in [-0.05, 0) is 38.0 Å². The van der Waals surface area contributed by atoms with Gasteiger partial charge in [0.1, 0.15) is 11.9 Å². The molecule has 2 rings (SSSR count). The van der Waals surface area contributed by atoms with Crippen LogP contribution in [0.2, 0.25) is 0 Å². The lowest BCUT2D eigenvalue weighted by Crippen LogP contribution is -2.42. The molecule has 0 unspecified atom stereocenters. The topological polar surface area (TPSA) is 65.4 Å². The molecule has 6 heteroatoms. The van der Waals surface area contributed by atoms with Gasteiger partial charge in [-0.3, -0.25) is 0 Å². The molecule has 0 aromatic heterocycles. The summed E-state index contributed by atoms with van der Waals surface area (Å²) >= 11 is 0. The number of halogens is 1. The zero-order valence-corrected chi connectivity index (χ0v) is 11.9. The third-order valence-electron chi connectivity index (χ3n) is 3.48. The van der Waals surface area contributed by atoms with Crippen molar-refractivity contribution in [2.24, 2.45) is 0 Å². The van der Waals surface area contributed by atoms with E-state index in [0.29, 0.717) is 30.9 Å². The molecule has 21 heavy (non-hydrogen) atoms. The Bertz CT molecular complexity index is 548. The summed E-state index contributed by atoms with van der Waals surface area (Å²) in [6.45, 7) is 3.38. The predicted octanol–water partition coefficient (Wildman–Crippen LogP) is 2.73. The van der Waals surface area contributed by atoms with Crippen molar-refractivity contribution in [2.45, 2.75) is 25.8 Å². The van der Waals surface area contributed by atoms with Gasteiger partial charge in [-0.2, -0.15) is 5.26 Å². The van der Waals surface area contributed by atoms with E-state index in [2.05, 4.69) is 5.32 Å². The smallest absolute Gasteiger partial charge is 0.409 e. The molecule has 112 valence electrons. The van der Waals surface area contributed by atoms with Crippen molar-refractivity contribution >= 4 is 11.8 Å². The maximum absolute atomic E-state index is 13.1. The third kappa shape index (κ3) is 3.85. The number of piperidine rings is 1. The molecule has 0 atom stereocenters. The first-order valence-corrected chi connectivity index (χ1v) is 7.02. The van der Waals surface area contributed by atoms with Crippen molar-refractivity contribution in [3.05, 3.63) is 29.6 Å². The van der Waals surface area contributed by atoms with E-state index < -0.39 is 5.82 Å². The minimum Gasteiger partial charge on any atom is -0.450 e. The van der Waals surface area contributed by atoms with Crippen molar-refractivity contribution in [3.63, 3.8) is 0 Å². The number of carbonyl (C=O) groups excluding carboxylic acids is 1. The second kappa shape index (κ2) is 6.93. The average molecular weight is 291 g/mol. The number of nitrogens with zero attached hydrogens (tertiary/aromatic N) is 2. The van der Waals surface area contributed by atoms with E-state index in [9.17, 15) is 9.18 Å². The highest BCUT2D eigenvalue weighted by atomic mass is 19.1. The molecule has 1 aliphatic heterocycles. The van der Waals surface area contributed by atoms with Crippen LogP contribution in [0.4, 0.5) is 14.9 Å². The molecule has 1 heterocycles. The van der Waals surface area contributed by atoms with Crippen LogP contribution in [0.3, 0.4) is 0 Å². The number of amides is 1. The normalized spacial score (nSPS) is 15.4. The first-order valence-electron chi connectivity index (χ1n) is 7.02. The molecule has 1 fully saturated rings. The van der Waals surface area contributed by atoms with Gasteiger partial charge in [0.2, 0.25) is 0 Å². The van der Waals surface area contributed by atoms with E-state index in [1.54, 1.807) is 17.9 Å². The monoisotopic (exact) mass is 291 g/mol. The summed E-state index contributed by atoms with van der Waals surface area (Å²) < 4.78 is 18.1. The van der Waals surface area contributed by atoms with E-state index in [1.165, 1.54) is 12.1 Å². The number of anilines is 1. The van der Waals surface area contributed by atoms with Crippen LogP contribution in [-0.2, 0) is 4.74 Å². The minimum atomic E-state index is -0.422. The molecule has 0 radical (unpaired) electrons. The predicted molar refractivity (Wildman–Crippen MR) is 76.4 cm³/mol.